The van der Waals surface area contributed by atoms with Gasteiger partial charge in [-0.2, -0.15) is 0 Å². The monoisotopic (exact) mass is 223 g/mol. The third kappa shape index (κ3) is 2.13. The molecule has 2 aromatic heterocycles. The molecule has 15 heavy (non-hydrogen) atoms. The van der Waals surface area contributed by atoms with Gasteiger partial charge in [0.05, 0.1) is 16.8 Å². The van der Waals surface area contributed by atoms with E-state index in [1.165, 1.54) is 30.9 Å². The van der Waals surface area contributed by atoms with Crippen molar-refractivity contribution in [3.8, 4) is 0 Å². The van der Waals surface area contributed by atoms with Crippen molar-refractivity contribution >= 4 is 23.2 Å². The third-order valence-electron chi connectivity index (χ3n) is 1.71. The number of nitrogens with one attached hydrogen (secondary N) is 1. The minimum atomic E-state index is -0.328. The first-order valence-electron chi connectivity index (χ1n) is 4.07. The molecule has 0 aromatic carbocycles. The second kappa shape index (κ2) is 4.10. The molecule has 6 heteroatoms. The zero-order valence-electron chi connectivity index (χ0n) is 7.48. The molecule has 0 saturated carbocycles. The highest BCUT2D eigenvalue weighted by atomic mass is 35.5. The number of hydrogen-bond acceptors (Lipinski definition) is 4. The number of aromatic nitrogens is 2. The average Bonchev–Trinajstić information content (AvgIpc) is 2.71. The first kappa shape index (κ1) is 9.67. The number of rotatable bonds is 2. The Bertz CT molecular complexity index is 470. The van der Waals surface area contributed by atoms with Gasteiger partial charge in [-0.1, -0.05) is 16.8 Å². The summed E-state index contributed by atoms with van der Waals surface area (Å²) < 4.78 is 4.57. The molecule has 0 aliphatic carbocycles. The fraction of sp³-hybridized carbons (Fsp3) is 0. The summed E-state index contributed by atoms with van der Waals surface area (Å²) in [5.41, 5.74) is 0.834. The minimum Gasteiger partial charge on any atom is -0.363 e. The Balaban J connectivity index is 2.19. The summed E-state index contributed by atoms with van der Waals surface area (Å²) in [6.45, 7) is 0. The normalized spacial score (nSPS) is 9.93. The number of carbonyl (C=O) groups is 1. The van der Waals surface area contributed by atoms with E-state index in [0.29, 0.717) is 16.3 Å². The molecule has 76 valence electrons. The minimum absolute atomic E-state index is 0.298. The Labute approximate surface area is 90.1 Å². The van der Waals surface area contributed by atoms with E-state index in [4.69, 9.17) is 11.6 Å². The number of hydrogen-bond donors (Lipinski definition) is 1. The highest BCUT2D eigenvalue weighted by molar-refractivity contribution is 6.34. The van der Waals surface area contributed by atoms with E-state index in [0.717, 1.165) is 0 Å². The Hall–Kier alpha value is -1.88. The van der Waals surface area contributed by atoms with Crippen molar-refractivity contribution in [2.24, 2.45) is 0 Å². The van der Waals surface area contributed by atoms with Crippen molar-refractivity contribution in [2.75, 3.05) is 5.32 Å². The van der Waals surface area contributed by atoms with Gasteiger partial charge in [-0.25, -0.2) is 0 Å². The zero-order valence-corrected chi connectivity index (χ0v) is 8.23. The topological polar surface area (TPSA) is 68.0 Å². The SMILES string of the molecule is O=C(Nc1cnoc1)c1ccncc1Cl. The second-order valence-corrected chi connectivity index (χ2v) is 3.13. The molecule has 0 atom stereocenters. The molecule has 0 aliphatic rings. The van der Waals surface area contributed by atoms with Crippen LogP contribution >= 0.6 is 11.6 Å². The summed E-state index contributed by atoms with van der Waals surface area (Å²) in [6.07, 6.45) is 5.62. The Kier molecular flexibility index (Phi) is 2.64. The highest BCUT2D eigenvalue weighted by Gasteiger charge is 2.10. The van der Waals surface area contributed by atoms with Crippen LogP contribution in [0.5, 0.6) is 0 Å². The molecule has 0 unspecified atom stereocenters. The lowest BCUT2D eigenvalue weighted by Crippen LogP contribution is -2.11. The first-order valence-corrected chi connectivity index (χ1v) is 4.45. The summed E-state index contributed by atoms with van der Waals surface area (Å²) in [7, 11) is 0. The van der Waals surface area contributed by atoms with Crippen LogP contribution in [0.25, 0.3) is 0 Å². The molecule has 0 radical (unpaired) electrons. The summed E-state index contributed by atoms with van der Waals surface area (Å²) in [5.74, 6) is -0.328. The maximum absolute atomic E-state index is 11.6. The lowest BCUT2D eigenvalue weighted by atomic mass is 10.2. The standard InChI is InChI=1S/C9H6ClN3O2/c10-8-4-11-2-1-7(8)9(14)13-6-3-12-15-5-6/h1-5H,(H,13,14). The molecule has 0 bridgehead atoms. The van der Waals surface area contributed by atoms with E-state index < -0.39 is 0 Å². The van der Waals surface area contributed by atoms with Crippen LogP contribution < -0.4 is 5.32 Å². The van der Waals surface area contributed by atoms with Gasteiger partial charge in [-0.05, 0) is 6.07 Å². The third-order valence-corrected chi connectivity index (χ3v) is 2.01. The van der Waals surface area contributed by atoms with Crippen LogP contribution in [0.2, 0.25) is 5.02 Å². The molecule has 2 heterocycles. The van der Waals surface area contributed by atoms with Gasteiger partial charge >= 0.3 is 0 Å². The Morgan fingerprint density at radius 3 is 3.00 bits per heavy atom. The van der Waals surface area contributed by atoms with Gasteiger partial charge in [-0.15, -0.1) is 0 Å². The maximum atomic E-state index is 11.6. The molecule has 2 aromatic rings. The van der Waals surface area contributed by atoms with Crippen LogP contribution in [0.15, 0.2) is 35.4 Å². The van der Waals surface area contributed by atoms with E-state index in [1.807, 2.05) is 0 Å². The van der Waals surface area contributed by atoms with E-state index in [1.54, 1.807) is 0 Å². The molecule has 0 spiro atoms. The van der Waals surface area contributed by atoms with E-state index in [9.17, 15) is 4.79 Å². The number of amides is 1. The van der Waals surface area contributed by atoms with Crippen LogP contribution in [-0.2, 0) is 0 Å². The molecular formula is C9H6ClN3O2. The molecule has 0 saturated heterocycles. The molecule has 5 nitrogen and oxygen atoms in total. The second-order valence-electron chi connectivity index (χ2n) is 2.72. The van der Waals surface area contributed by atoms with Crippen LogP contribution in [0, 0.1) is 0 Å². The maximum Gasteiger partial charge on any atom is 0.257 e. The van der Waals surface area contributed by atoms with Crippen molar-refractivity contribution in [3.05, 3.63) is 41.5 Å². The highest BCUT2D eigenvalue weighted by Crippen LogP contribution is 2.15. The number of anilines is 1. The van der Waals surface area contributed by atoms with Crippen molar-refractivity contribution in [3.63, 3.8) is 0 Å². The smallest absolute Gasteiger partial charge is 0.257 e. The largest absolute Gasteiger partial charge is 0.363 e. The number of carbonyl (C=O) groups excluding carboxylic acids is 1. The molecule has 0 aliphatic heterocycles. The van der Waals surface area contributed by atoms with Gasteiger partial charge in [0.15, 0.2) is 0 Å². The van der Waals surface area contributed by atoms with Crippen LogP contribution in [0.4, 0.5) is 5.69 Å². The van der Waals surface area contributed by atoms with Gasteiger partial charge in [0.2, 0.25) is 0 Å². The van der Waals surface area contributed by atoms with Gasteiger partial charge in [0, 0.05) is 12.4 Å². The van der Waals surface area contributed by atoms with Crippen molar-refractivity contribution < 1.29 is 9.32 Å². The molecular weight excluding hydrogens is 218 g/mol. The summed E-state index contributed by atoms with van der Waals surface area (Å²) in [6, 6.07) is 1.53. The number of nitrogens with zero attached hydrogens (tertiary/aromatic N) is 2. The van der Waals surface area contributed by atoms with Crippen LogP contribution in [0.3, 0.4) is 0 Å². The Morgan fingerprint density at radius 2 is 2.33 bits per heavy atom. The van der Waals surface area contributed by atoms with Gasteiger partial charge in [-0.3, -0.25) is 9.78 Å². The lowest BCUT2D eigenvalue weighted by molar-refractivity contribution is 0.102. The van der Waals surface area contributed by atoms with Crippen molar-refractivity contribution in [1.82, 2.24) is 10.1 Å². The molecule has 1 amide bonds. The van der Waals surface area contributed by atoms with Crippen molar-refractivity contribution in [1.29, 1.82) is 0 Å². The van der Waals surface area contributed by atoms with E-state index in [2.05, 4.69) is 20.0 Å². The average molecular weight is 224 g/mol. The molecule has 0 fully saturated rings. The predicted molar refractivity (Wildman–Crippen MR) is 53.7 cm³/mol. The fourth-order valence-corrected chi connectivity index (χ4v) is 1.23. The first-order chi connectivity index (χ1) is 7.27. The number of halogens is 1. The molecule has 2 rings (SSSR count). The van der Waals surface area contributed by atoms with E-state index >= 15 is 0 Å². The summed E-state index contributed by atoms with van der Waals surface area (Å²) in [5, 5.41) is 6.33. The molecule has 1 N–H and O–H groups in total. The fourth-order valence-electron chi connectivity index (χ4n) is 1.02. The lowest BCUT2D eigenvalue weighted by Gasteiger charge is -2.02. The predicted octanol–water partition coefficient (Wildman–Crippen LogP) is 1.98. The van der Waals surface area contributed by atoms with Gasteiger partial charge < -0.3 is 9.84 Å². The van der Waals surface area contributed by atoms with Crippen molar-refractivity contribution in [2.45, 2.75) is 0 Å². The number of pyridine rings is 1. The van der Waals surface area contributed by atoms with Crippen LogP contribution in [0.1, 0.15) is 10.4 Å². The zero-order chi connectivity index (χ0) is 10.7. The van der Waals surface area contributed by atoms with E-state index in [-0.39, 0.29) is 5.91 Å². The quantitative estimate of drug-likeness (QED) is 0.845. The summed E-state index contributed by atoms with van der Waals surface area (Å²) in [4.78, 5) is 15.4. The van der Waals surface area contributed by atoms with Gasteiger partial charge in [0.1, 0.15) is 12.0 Å². The van der Waals surface area contributed by atoms with Crippen LogP contribution in [-0.4, -0.2) is 16.0 Å². The Morgan fingerprint density at radius 1 is 1.47 bits per heavy atom. The van der Waals surface area contributed by atoms with Gasteiger partial charge in [0.25, 0.3) is 5.91 Å². The summed E-state index contributed by atoms with van der Waals surface area (Å²) >= 11 is 5.80.